The van der Waals surface area contributed by atoms with Crippen LogP contribution in [-0.2, 0) is 4.79 Å². The zero-order chi connectivity index (χ0) is 14.2. The molecule has 0 fully saturated rings. The average molecular weight is 268 g/mol. The van der Waals surface area contributed by atoms with Gasteiger partial charge in [-0.25, -0.2) is 0 Å². The molecule has 0 aliphatic heterocycles. The molecule has 0 aliphatic carbocycles. The van der Waals surface area contributed by atoms with Gasteiger partial charge in [-0.2, -0.15) is 0 Å². The van der Waals surface area contributed by atoms with Crippen LogP contribution in [-0.4, -0.2) is 6.29 Å². The SMILES string of the molecule is CCCCCCCCCCCCCCCC(C)C=O. The maximum absolute atomic E-state index is 10.5. The molecule has 0 aromatic rings. The van der Waals surface area contributed by atoms with E-state index in [1.807, 2.05) is 6.92 Å². The maximum atomic E-state index is 10.5. The van der Waals surface area contributed by atoms with Crippen LogP contribution in [0.1, 0.15) is 104 Å². The van der Waals surface area contributed by atoms with Crippen molar-refractivity contribution >= 4 is 6.29 Å². The van der Waals surface area contributed by atoms with E-state index in [1.54, 1.807) is 0 Å². The van der Waals surface area contributed by atoms with E-state index in [9.17, 15) is 4.79 Å². The Bertz CT molecular complexity index is 177. The first-order valence-corrected chi connectivity index (χ1v) is 8.76. The van der Waals surface area contributed by atoms with Crippen LogP contribution in [0.3, 0.4) is 0 Å². The van der Waals surface area contributed by atoms with Crippen molar-refractivity contribution in [2.75, 3.05) is 0 Å². The summed E-state index contributed by atoms with van der Waals surface area (Å²) in [5.74, 6) is 0.271. The highest BCUT2D eigenvalue weighted by molar-refractivity contribution is 5.52. The normalized spacial score (nSPS) is 12.5. The summed E-state index contributed by atoms with van der Waals surface area (Å²) in [5.41, 5.74) is 0. The molecule has 0 heterocycles. The third kappa shape index (κ3) is 15.6. The monoisotopic (exact) mass is 268 g/mol. The van der Waals surface area contributed by atoms with Gasteiger partial charge < -0.3 is 4.79 Å². The Morgan fingerprint density at radius 2 is 1.05 bits per heavy atom. The summed E-state index contributed by atoms with van der Waals surface area (Å²) in [4.78, 5) is 10.5. The summed E-state index contributed by atoms with van der Waals surface area (Å²) in [6.07, 6.45) is 20.3. The van der Waals surface area contributed by atoms with Gasteiger partial charge in [-0.3, -0.25) is 0 Å². The Morgan fingerprint density at radius 1 is 0.684 bits per heavy atom. The Balaban J connectivity index is 2.97. The van der Waals surface area contributed by atoms with Gasteiger partial charge in [-0.05, 0) is 6.42 Å². The number of aldehydes is 1. The number of carbonyl (C=O) groups is 1. The highest BCUT2D eigenvalue weighted by atomic mass is 16.1. The van der Waals surface area contributed by atoms with Crippen LogP contribution in [0.25, 0.3) is 0 Å². The van der Waals surface area contributed by atoms with Crippen molar-refractivity contribution in [3.63, 3.8) is 0 Å². The Kier molecular flexibility index (Phi) is 15.5. The molecule has 0 saturated carbocycles. The van der Waals surface area contributed by atoms with Crippen molar-refractivity contribution in [2.45, 2.75) is 104 Å². The first-order valence-electron chi connectivity index (χ1n) is 8.76. The molecule has 0 rings (SSSR count). The predicted molar refractivity (Wildman–Crippen MR) is 85.5 cm³/mol. The second kappa shape index (κ2) is 15.7. The number of rotatable bonds is 15. The van der Waals surface area contributed by atoms with Crippen molar-refractivity contribution in [1.29, 1.82) is 0 Å². The fourth-order valence-corrected chi connectivity index (χ4v) is 2.55. The molecule has 114 valence electrons. The molecule has 0 aromatic heterocycles. The van der Waals surface area contributed by atoms with E-state index in [0.29, 0.717) is 0 Å². The van der Waals surface area contributed by atoms with E-state index in [-0.39, 0.29) is 5.92 Å². The lowest BCUT2D eigenvalue weighted by Crippen LogP contribution is -1.94. The van der Waals surface area contributed by atoms with Crippen LogP contribution in [0.15, 0.2) is 0 Å². The molecule has 0 N–H and O–H groups in total. The molecule has 0 aliphatic rings. The zero-order valence-electron chi connectivity index (χ0n) is 13.5. The van der Waals surface area contributed by atoms with Gasteiger partial charge in [0.05, 0.1) is 0 Å². The zero-order valence-corrected chi connectivity index (χ0v) is 13.5. The summed E-state index contributed by atoms with van der Waals surface area (Å²) in [6, 6.07) is 0. The molecule has 0 spiro atoms. The molecule has 1 atom stereocenters. The molecule has 1 unspecified atom stereocenters. The van der Waals surface area contributed by atoms with Gasteiger partial charge in [0.25, 0.3) is 0 Å². The minimum atomic E-state index is 0.271. The first kappa shape index (κ1) is 18.7. The van der Waals surface area contributed by atoms with Crippen LogP contribution >= 0.6 is 0 Å². The first-order chi connectivity index (χ1) is 9.31. The molecular formula is C18H36O. The van der Waals surface area contributed by atoms with Gasteiger partial charge in [-0.15, -0.1) is 0 Å². The average Bonchev–Trinajstić information content (AvgIpc) is 2.43. The fraction of sp³-hybridized carbons (Fsp3) is 0.944. The third-order valence-electron chi connectivity index (χ3n) is 4.00. The van der Waals surface area contributed by atoms with Gasteiger partial charge in [0.15, 0.2) is 0 Å². The van der Waals surface area contributed by atoms with Crippen molar-refractivity contribution in [2.24, 2.45) is 5.92 Å². The molecule has 1 nitrogen and oxygen atoms in total. The van der Waals surface area contributed by atoms with Crippen LogP contribution in [0.4, 0.5) is 0 Å². The Hall–Kier alpha value is -0.330. The summed E-state index contributed by atoms with van der Waals surface area (Å²) < 4.78 is 0. The minimum absolute atomic E-state index is 0.271. The Labute approximate surface area is 121 Å². The molecule has 19 heavy (non-hydrogen) atoms. The third-order valence-corrected chi connectivity index (χ3v) is 4.00. The number of unbranched alkanes of at least 4 members (excludes halogenated alkanes) is 12. The second-order valence-electron chi connectivity index (χ2n) is 6.14. The minimum Gasteiger partial charge on any atom is -0.303 e. The number of carbonyl (C=O) groups excluding carboxylic acids is 1. The van der Waals surface area contributed by atoms with Gasteiger partial charge in [0.2, 0.25) is 0 Å². The van der Waals surface area contributed by atoms with Crippen molar-refractivity contribution in [3.8, 4) is 0 Å². The van der Waals surface area contributed by atoms with E-state index in [1.165, 1.54) is 83.5 Å². The lowest BCUT2D eigenvalue weighted by Gasteiger charge is -2.04. The quantitative estimate of drug-likeness (QED) is 0.251. The standard InChI is InChI=1S/C18H36O/c1-3-4-5-6-7-8-9-10-11-12-13-14-15-16-18(2)17-19/h17-18H,3-16H2,1-2H3. The maximum Gasteiger partial charge on any atom is 0.122 e. The lowest BCUT2D eigenvalue weighted by atomic mass is 10.0. The highest BCUT2D eigenvalue weighted by Crippen LogP contribution is 2.13. The molecule has 0 aromatic carbocycles. The van der Waals surface area contributed by atoms with Gasteiger partial charge in [0.1, 0.15) is 6.29 Å². The molecule has 1 heteroatoms. The molecule has 0 saturated heterocycles. The fourth-order valence-electron chi connectivity index (χ4n) is 2.55. The van der Waals surface area contributed by atoms with Crippen molar-refractivity contribution in [1.82, 2.24) is 0 Å². The van der Waals surface area contributed by atoms with E-state index in [2.05, 4.69) is 6.92 Å². The second-order valence-corrected chi connectivity index (χ2v) is 6.14. The van der Waals surface area contributed by atoms with E-state index < -0.39 is 0 Å². The predicted octanol–water partition coefficient (Wildman–Crippen LogP) is 6.30. The summed E-state index contributed by atoms with van der Waals surface area (Å²) in [6.45, 7) is 4.30. The van der Waals surface area contributed by atoms with E-state index in [0.717, 1.165) is 12.7 Å². The smallest absolute Gasteiger partial charge is 0.122 e. The number of hydrogen-bond acceptors (Lipinski definition) is 1. The lowest BCUT2D eigenvalue weighted by molar-refractivity contribution is -0.110. The number of hydrogen-bond donors (Lipinski definition) is 0. The molecule has 0 radical (unpaired) electrons. The van der Waals surface area contributed by atoms with Gasteiger partial charge >= 0.3 is 0 Å². The summed E-state index contributed by atoms with van der Waals surface area (Å²) in [5, 5.41) is 0. The van der Waals surface area contributed by atoms with Crippen LogP contribution in [0, 0.1) is 5.92 Å². The van der Waals surface area contributed by atoms with Crippen molar-refractivity contribution in [3.05, 3.63) is 0 Å². The van der Waals surface area contributed by atoms with Gasteiger partial charge in [0, 0.05) is 5.92 Å². The van der Waals surface area contributed by atoms with Crippen LogP contribution < -0.4 is 0 Å². The molecule has 0 bridgehead atoms. The summed E-state index contributed by atoms with van der Waals surface area (Å²) >= 11 is 0. The molecular weight excluding hydrogens is 232 g/mol. The van der Waals surface area contributed by atoms with E-state index >= 15 is 0 Å². The topological polar surface area (TPSA) is 17.1 Å². The van der Waals surface area contributed by atoms with E-state index in [4.69, 9.17) is 0 Å². The highest BCUT2D eigenvalue weighted by Gasteiger charge is 1.98. The Morgan fingerprint density at radius 3 is 1.42 bits per heavy atom. The largest absolute Gasteiger partial charge is 0.303 e. The van der Waals surface area contributed by atoms with Crippen LogP contribution in [0.5, 0.6) is 0 Å². The van der Waals surface area contributed by atoms with Crippen LogP contribution in [0.2, 0.25) is 0 Å². The van der Waals surface area contributed by atoms with Crippen molar-refractivity contribution < 1.29 is 4.79 Å². The van der Waals surface area contributed by atoms with Gasteiger partial charge in [-0.1, -0.05) is 97.3 Å². The molecule has 0 amide bonds. The summed E-state index contributed by atoms with van der Waals surface area (Å²) in [7, 11) is 0.